The molecule has 0 aliphatic heterocycles. The smallest absolute Gasteiger partial charge is 0.227 e. The number of halogens is 2. The van der Waals surface area contributed by atoms with E-state index in [0.717, 1.165) is 15.6 Å². The van der Waals surface area contributed by atoms with Crippen molar-refractivity contribution in [3.63, 3.8) is 0 Å². The molecular formula is C21H17BrClN5O2. The highest BCUT2D eigenvalue weighted by molar-refractivity contribution is 9.10. The predicted molar refractivity (Wildman–Crippen MR) is 117 cm³/mol. The van der Waals surface area contributed by atoms with Crippen LogP contribution in [0.25, 0.3) is 11.4 Å². The third-order valence-corrected chi connectivity index (χ3v) is 5.42. The summed E-state index contributed by atoms with van der Waals surface area (Å²) < 4.78 is 7.98. The number of aryl methyl sites for hydroxylation is 1. The molecule has 0 saturated heterocycles. The molecule has 2 aromatic heterocycles. The molecule has 0 aliphatic rings. The first-order valence-corrected chi connectivity index (χ1v) is 10.4. The van der Waals surface area contributed by atoms with E-state index in [4.69, 9.17) is 16.1 Å². The Morgan fingerprint density at radius 1 is 1.13 bits per heavy atom. The molecule has 152 valence electrons. The lowest BCUT2D eigenvalue weighted by Gasteiger charge is -2.10. The predicted octanol–water partition coefficient (Wildman–Crippen LogP) is 4.97. The van der Waals surface area contributed by atoms with Crippen molar-refractivity contribution in [2.75, 3.05) is 5.32 Å². The van der Waals surface area contributed by atoms with E-state index in [9.17, 15) is 4.79 Å². The molecule has 0 radical (unpaired) electrons. The lowest BCUT2D eigenvalue weighted by atomic mass is 10.2. The Labute approximate surface area is 186 Å². The Hall–Kier alpha value is -2.97. The van der Waals surface area contributed by atoms with E-state index >= 15 is 0 Å². The zero-order chi connectivity index (χ0) is 20.9. The molecule has 0 atom stereocenters. The summed E-state index contributed by atoms with van der Waals surface area (Å²) in [6, 6.07) is 16.8. The third-order valence-electron chi connectivity index (χ3n) is 4.40. The van der Waals surface area contributed by atoms with Crippen molar-refractivity contribution in [1.82, 2.24) is 19.9 Å². The number of benzene rings is 2. The minimum absolute atomic E-state index is 0.157. The fraction of sp³-hybridized carbons (Fsp3) is 0.143. The second kappa shape index (κ2) is 9.23. The van der Waals surface area contributed by atoms with Gasteiger partial charge in [0.05, 0.1) is 12.7 Å². The lowest BCUT2D eigenvalue weighted by molar-refractivity contribution is -0.116. The summed E-state index contributed by atoms with van der Waals surface area (Å²) in [6.07, 6.45) is 2.20. The molecule has 2 aromatic carbocycles. The van der Waals surface area contributed by atoms with E-state index in [-0.39, 0.29) is 12.3 Å². The van der Waals surface area contributed by atoms with Gasteiger partial charge in [0.15, 0.2) is 0 Å². The molecule has 0 unspecified atom stereocenters. The number of hydrogen-bond acceptors (Lipinski definition) is 5. The molecule has 9 heteroatoms. The van der Waals surface area contributed by atoms with Crippen LogP contribution in [0.1, 0.15) is 17.9 Å². The van der Waals surface area contributed by atoms with Gasteiger partial charge in [0.25, 0.3) is 0 Å². The van der Waals surface area contributed by atoms with Crippen LogP contribution in [0.5, 0.6) is 0 Å². The Balaban J connectivity index is 1.34. The van der Waals surface area contributed by atoms with Crippen LogP contribution >= 0.6 is 27.5 Å². The van der Waals surface area contributed by atoms with Crippen LogP contribution in [0.2, 0.25) is 5.02 Å². The van der Waals surface area contributed by atoms with E-state index in [0.29, 0.717) is 35.5 Å². The molecule has 0 bridgehead atoms. The summed E-state index contributed by atoms with van der Waals surface area (Å²) >= 11 is 9.43. The summed E-state index contributed by atoms with van der Waals surface area (Å²) in [4.78, 5) is 16.7. The second-order valence-corrected chi connectivity index (χ2v) is 7.82. The van der Waals surface area contributed by atoms with Crippen molar-refractivity contribution >= 4 is 39.3 Å². The van der Waals surface area contributed by atoms with Crippen LogP contribution < -0.4 is 5.32 Å². The maximum Gasteiger partial charge on any atom is 0.227 e. The average molecular weight is 487 g/mol. The molecule has 0 aliphatic carbocycles. The Bertz CT molecular complexity index is 1160. The highest BCUT2D eigenvalue weighted by atomic mass is 79.9. The number of carbonyl (C=O) groups is 1. The highest BCUT2D eigenvalue weighted by Gasteiger charge is 2.13. The van der Waals surface area contributed by atoms with Crippen LogP contribution in [0.3, 0.4) is 0 Å². The summed E-state index contributed by atoms with van der Waals surface area (Å²) in [5.74, 6) is 1.34. The molecule has 1 amide bonds. The van der Waals surface area contributed by atoms with Crippen molar-refractivity contribution in [2.24, 2.45) is 0 Å². The van der Waals surface area contributed by atoms with Gasteiger partial charge < -0.3 is 9.84 Å². The molecule has 7 nitrogen and oxygen atoms in total. The molecular weight excluding hydrogens is 470 g/mol. The number of aromatic nitrogens is 4. The van der Waals surface area contributed by atoms with Crippen LogP contribution in [-0.2, 0) is 17.8 Å². The van der Waals surface area contributed by atoms with E-state index < -0.39 is 0 Å². The van der Waals surface area contributed by atoms with Crippen molar-refractivity contribution in [1.29, 1.82) is 0 Å². The maximum absolute atomic E-state index is 12.4. The summed E-state index contributed by atoms with van der Waals surface area (Å²) in [5, 5.41) is 11.8. The van der Waals surface area contributed by atoms with Gasteiger partial charge in [-0.3, -0.25) is 4.79 Å². The second-order valence-electron chi connectivity index (χ2n) is 6.53. The van der Waals surface area contributed by atoms with Gasteiger partial charge in [-0.25, -0.2) is 4.68 Å². The van der Waals surface area contributed by atoms with Gasteiger partial charge in [0.1, 0.15) is 5.82 Å². The summed E-state index contributed by atoms with van der Waals surface area (Å²) in [6.45, 7) is 0.540. The van der Waals surface area contributed by atoms with Gasteiger partial charge in [0, 0.05) is 34.0 Å². The number of anilines is 1. The molecule has 2 heterocycles. The van der Waals surface area contributed by atoms with Crippen LogP contribution in [0, 0.1) is 0 Å². The molecule has 30 heavy (non-hydrogen) atoms. The molecule has 4 aromatic rings. The van der Waals surface area contributed by atoms with Gasteiger partial charge >= 0.3 is 0 Å². The summed E-state index contributed by atoms with van der Waals surface area (Å²) in [5.41, 5.74) is 1.87. The van der Waals surface area contributed by atoms with Crippen LogP contribution in [0.15, 0.2) is 69.8 Å². The molecule has 4 rings (SSSR count). The van der Waals surface area contributed by atoms with Gasteiger partial charge in [-0.05, 0) is 35.9 Å². The maximum atomic E-state index is 12.4. The largest absolute Gasteiger partial charge is 0.339 e. The molecule has 0 spiro atoms. The number of amides is 1. The monoisotopic (exact) mass is 485 g/mol. The van der Waals surface area contributed by atoms with Crippen LogP contribution in [0.4, 0.5) is 5.82 Å². The number of carbonyl (C=O) groups excluding carboxylic acids is 1. The highest BCUT2D eigenvalue weighted by Crippen LogP contribution is 2.20. The van der Waals surface area contributed by atoms with Crippen molar-refractivity contribution in [2.45, 2.75) is 19.4 Å². The lowest BCUT2D eigenvalue weighted by Crippen LogP contribution is -2.16. The van der Waals surface area contributed by atoms with Crippen molar-refractivity contribution in [3.05, 3.63) is 81.7 Å². The quantitative estimate of drug-likeness (QED) is 0.399. The Kier molecular flexibility index (Phi) is 6.25. The standard InChI is InChI=1S/C21H17BrClN5O2/c22-17-4-2-1-3-15(17)13-28-18(11-12-24-28)25-19(29)9-10-20-26-21(27-30-20)14-5-7-16(23)8-6-14/h1-8,11-12H,9-10,13H2,(H,25,29). The SMILES string of the molecule is O=C(CCc1nc(-c2ccc(Cl)cc2)no1)Nc1ccnn1Cc1ccccc1Br. The van der Waals surface area contributed by atoms with Crippen molar-refractivity contribution in [3.8, 4) is 11.4 Å². The Morgan fingerprint density at radius 3 is 2.73 bits per heavy atom. The number of rotatable bonds is 7. The first-order chi connectivity index (χ1) is 14.6. The molecule has 0 fully saturated rings. The minimum atomic E-state index is -0.157. The van der Waals surface area contributed by atoms with Crippen molar-refractivity contribution < 1.29 is 9.32 Å². The normalized spacial score (nSPS) is 10.9. The molecule has 1 N–H and O–H groups in total. The van der Waals surface area contributed by atoms with Gasteiger partial charge in [0.2, 0.25) is 17.6 Å². The zero-order valence-electron chi connectivity index (χ0n) is 15.8. The van der Waals surface area contributed by atoms with Crippen LogP contribution in [-0.4, -0.2) is 25.8 Å². The zero-order valence-corrected chi connectivity index (χ0v) is 18.1. The summed E-state index contributed by atoms with van der Waals surface area (Å²) in [7, 11) is 0. The number of hydrogen-bond donors (Lipinski definition) is 1. The number of nitrogens with zero attached hydrogens (tertiary/aromatic N) is 4. The average Bonchev–Trinajstić information content (AvgIpc) is 3.39. The van der Waals surface area contributed by atoms with E-state index in [1.807, 2.05) is 36.4 Å². The van der Waals surface area contributed by atoms with E-state index in [1.165, 1.54) is 0 Å². The van der Waals surface area contributed by atoms with Gasteiger partial charge in [-0.15, -0.1) is 0 Å². The Morgan fingerprint density at radius 2 is 1.93 bits per heavy atom. The fourth-order valence-corrected chi connectivity index (χ4v) is 3.39. The van der Waals surface area contributed by atoms with E-state index in [2.05, 4.69) is 36.5 Å². The third kappa shape index (κ3) is 4.95. The minimum Gasteiger partial charge on any atom is -0.339 e. The van der Waals surface area contributed by atoms with E-state index in [1.54, 1.807) is 29.1 Å². The first kappa shape index (κ1) is 20.3. The van der Waals surface area contributed by atoms with Gasteiger partial charge in [-0.1, -0.05) is 50.9 Å². The van der Waals surface area contributed by atoms with Gasteiger partial charge in [-0.2, -0.15) is 10.1 Å². The topological polar surface area (TPSA) is 85.8 Å². The fourth-order valence-electron chi connectivity index (χ4n) is 2.85. The number of nitrogens with one attached hydrogen (secondary N) is 1. The first-order valence-electron chi connectivity index (χ1n) is 9.22. The molecule has 0 saturated carbocycles.